The van der Waals surface area contributed by atoms with Gasteiger partial charge in [0.25, 0.3) is 5.91 Å². The van der Waals surface area contributed by atoms with Crippen molar-refractivity contribution in [3.8, 4) is 11.5 Å². The third-order valence-corrected chi connectivity index (χ3v) is 4.64. The van der Waals surface area contributed by atoms with Gasteiger partial charge in [-0.05, 0) is 37.0 Å². The van der Waals surface area contributed by atoms with Crippen LogP contribution in [0.4, 0.5) is 0 Å². The van der Waals surface area contributed by atoms with E-state index >= 15 is 0 Å². The summed E-state index contributed by atoms with van der Waals surface area (Å²) in [6, 6.07) is 5.45. The first-order valence-electron chi connectivity index (χ1n) is 8.89. The quantitative estimate of drug-likeness (QED) is 0.597. The van der Waals surface area contributed by atoms with Crippen molar-refractivity contribution in [2.75, 3.05) is 20.8 Å². The van der Waals surface area contributed by atoms with E-state index in [1.54, 1.807) is 38.5 Å². The lowest BCUT2D eigenvalue weighted by Gasteiger charge is -2.29. The summed E-state index contributed by atoms with van der Waals surface area (Å²) in [5.41, 5.74) is 0.714. The Labute approximate surface area is 154 Å². The van der Waals surface area contributed by atoms with Crippen LogP contribution in [0.5, 0.6) is 11.5 Å². The van der Waals surface area contributed by atoms with Crippen LogP contribution in [0, 0.1) is 5.92 Å². The van der Waals surface area contributed by atoms with E-state index in [1.165, 1.54) is 12.5 Å². The molecular weight excluding hydrogens is 334 g/mol. The SMILES string of the molecule is COc1ccc(/C=C/C(=O)OCC(=O)N[C@@H]2CCCC[C@@H]2C)c(OC)c1. The highest BCUT2D eigenvalue weighted by Gasteiger charge is 2.22. The van der Waals surface area contributed by atoms with E-state index in [0.717, 1.165) is 19.3 Å². The van der Waals surface area contributed by atoms with Gasteiger partial charge in [-0.15, -0.1) is 0 Å². The van der Waals surface area contributed by atoms with Gasteiger partial charge in [0, 0.05) is 23.7 Å². The highest BCUT2D eigenvalue weighted by Crippen LogP contribution is 2.25. The number of amides is 1. The molecule has 142 valence electrons. The van der Waals surface area contributed by atoms with Gasteiger partial charge in [-0.25, -0.2) is 4.79 Å². The molecular formula is C20H27NO5. The summed E-state index contributed by atoms with van der Waals surface area (Å²) >= 11 is 0. The van der Waals surface area contributed by atoms with Crippen LogP contribution >= 0.6 is 0 Å². The fourth-order valence-electron chi connectivity index (χ4n) is 3.08. The summed E-state index contributed by atoms with van der Waals surface area (Å²) in [7, 11) is 3.11. The molecule has 1 N–H and O–H groups in total. The van der Waals surface area contributed by atoms with Crippen molar-refractivity contribution in [1.82, 2.24) is 5.32 Å². The van der Waals surface area contributed by atoms with Crippen molar-refractivity contribution in [2.24, 2.45) is 5.92 Å². The number of carbonyl (C=O) groups is 2. The molecule has 2 atom stereocenters. The third-order valence-electron chi connectivity index (χ3n) is 4.64. The Balaban J connectivity index is 1.82. The Morgan fingerprint density at radius 3 is 2.65 bits per heavy atom. The smallest absolute Gasteiger partial charge is 0.331 e. The minimum Gasteiger partial charge on any atom is -0.497 e. The Morgan fingerprint density at radius 1 is 1.19 bits per heavy atom. The average molecular weight is 361 g/mol. The largest absolute Gasteiger partial charge is 0.497 e. The fraction of sp³-hybridized carbons (Fsp3) is 0.500. The van der Waals surface area contributed by atoms with Crippen LogP contribution < -0.4 is 14.8 Å². The van der Waals surface area contributed by atoms with Crippen molar-refractivity contribution in [3.05, 3.63) is 29.8 Å². The Kier molecular flexibility index (Phi) is 7.51. The molecule has 1 aromatic rings. The number of esters is 1. The second-order valence-corrected chi connectivity index (χ2v) is 6.48. The first kappa shape index (κ1) is 19.8. The maximum absolute atomic E-state index is 12.0. The van der Waals surface area contributed by atoms with Gasteiger partial charge in [-0.1, -0.05) is 19.8 Å². The normalized spacial score (nSPS) is 19.8. The minimum atomic E-state index is -0.574. The number of hydrogen-bond acceptors (Lipinski definition) is 5. The van der Waals surface area contributed by atoms with Crippen molar-refractivity contribution in [1.29, 1.82) is 0 Å². The van der Waals surface area contributed by atoms with E-state index in [2.05, 4.69) is 12.2 Å². The standard InChI is InChI=1S/C20H27NO5/c1-14-6-4-5-7-17(14)21-19(22)13-26-20(23)11-9-15-8-10-16(24-2)12-18(15)25-3/h8-12,14,17H,4-7,13H2,1-3H3,(H,21,22)/b11-9+/t14-,17+/m0/s1. The maximum Gasteiger partial charge on any atom is 0.331 e. The molecule has 0 radical (unpaired) electrons. The Bertz CT molecular complexity index is 656. The summed E-state index contributed by atoms with van der Waals surface area (Å²) in [5, 5.41) is 2.95. The molecule has 0 saturated heterocycles. The van der Waals surface area contributed by atoms with Crippen LogP contribution in [0.1, 0.15) is 38.2 Å². The molecule has 6 nitrogen and oxygen atoms in total. The fourth-order valence-corrected chi connectivity index (χ4v) is 3.08. The molecule has 0 aliphatic heterocycles. The monoisotopic (exact) mass is 361 g/mol. The van der Waals surface area contributed by atoms with Crippen LogP contribution in [0.15, 0.2) is 24.3 Å². The number of ether oxygens (including phenoxy) is 3. The van der Waals surface area contributed by atoms with Crippen LogP contribution in [-0.2, 0) is 14.3 Å². The summed E-state index contributed by atoms with van der Waals surface area (Å²) in [6.07, 6.45) is 7.31. The minimum absolute atomic E-state index is 0.175. The van der Waals surface area contributed by atoms with E-state index in [1.807, 2.05) is 0 Å². The molecule has 0 bridgehead atoms. The number of benzene rings is 1. The predicted molar refractivity (Wildman–Crippen MR) is 99.1 cm³/mol. The van der Waals surface area contributed by atoms with E-state index in [0.29, 0.717) is 23.0 Å². The summed E-state index contributed by atoms with van der Waals surface area (Å²) in [6.45, 7) is 1.87. The van der Waals surface area contributed by atoms with E-state index in [4.69, 9.17) is 14.2 Å². The molecule has 0 spiro atoms. The zero-order valence-electron chi connectivity index (χ0n) is 15.6. The van der Waals surface area contributed by atoms with Crippen molar-refractivity contribution in [3.63, 3.8) is 0 Å². The van der Waals surface area contributed by atoms with Gasteiger partial charge in [0.15, 0.2) is 6.61 Å². The van der Waals surface area contributed by atoms with Gasteiger partial charge < -0.3 is 19.5 Å². The summed E-state index contributed by atoms with van der Waals surface area (Å²) in [5.74, 6) is 0.876. The molecule has 1 aromatic carbocycles. The van der Waals surface area contributed by atoms with E-state index in [9.17, 15) is 9.59 Å². The second-order valence-electron chi connectivity index (χ2n) is 6.48. The molecule has 26 heavy (non-hydrogen) atoms. The van der Waals surface area contributed by atoms with Crippen molar-refractivity contribution in [2.45, 2.75) is 38.6 Å². The van der Waals surface area contributed by atoms with Gasteiger partial charge in [-0.3, -0.25) is 4.79 Å². The average Bonchev–Trinajstić information content (AvgIpc) is 2.66. The van der Waals surface area contributed by atoms with E-state index < -0.39 is 5.97 Å². The number of hydrogen-bond donors (Lipinski definition) is 1. The van der Waals surface area contributed by atoms with Crippen LogP contribution in [-0.4, -0.2) is 38.7 Å². The van der Waals surface area contributed by atoms with Crippen molar-refractivity contribution < 1.29 is 23.8 Å². The first-order valence-corrected chi connectivity index (χ1v) is 8.89. The molecule has 1 saturated carbocycles. The van der Waals surface area contributed by atoms with Gasteiger partial charge >= 0.3 is 5.97 Å². The molecule has 0 aromatic heterocycles. The number of carbonyl (C=O) groups excluding carboxylic acids is 2. The Morgan fingerprint density at radius 2 is 1.96 bits per heavy atom. The first-order chi connectivity index (χ1) is 12.5. The highest BCUT2D eigenvalue weighted by atomic mass is 16.5. The van der Waals surface area contributed by atoms with Gasteiger partial charge in [-0.2, -0.15) is 0 Å². The lowest BCUT2D eigenvalue weighted by Crippen LogP contribution is -2.42. The molecule has 2 rings (SSSR count). The summed E-state index contributed by atoms with van der Waals surface area (Å²) < 4.78 is 15.4. The second kappa shape index (κ2) is 9.85. The molecule has 1 amide bonds. The van der Waals surface area contributed by atoms with Gasteiger partial charge in [0.2, 0.25) is 0 Å². The number of rotatable bonds is 7. The summed E-state index contributed by atoms with van der Waals surface area (Å²) in [4.78, 5) is 23.8. The van der Waals surface area contributed by atoms with Crippen LogP contribution in [0.3, 0.4) is 0 Å². The van der Waals surface area contributed by atoms with Crippen molar-refractivity contribution >= 4 is 18.0 Å². The number of nitrogens with one attached hydrogen (secondary N) is 1. The van der Waals surface area contributed by atoms with E-state index in [-0.39, 0.29) is 18.6 Å². The molecule has 1 aliphatic rings. The maximum atomic E-state index is 12.0. The molecule has 1 fully saturated rings. The number of methoxy groups -OCH3 is 2. The zero-order chi connectivity index (χ0) is 18.9. The van der Waals surface area contributed by atoms with Crippen LogP contribution in [0.2, 0.25) is 0 Å². The molecule has 6 heteroatoms. The highest BCUT2D eigenvalue weighted by molar-refractivity contribution is 5.89. The lowest BCUT2D eigenvalue weighted by atomic mass is 9.86. The Hall–Kier alpha value is -2.50. The third kappa shape index (κ3) is 5.79. The zero-order valence-corrected chi connectivity index (χ0v) is 15.6. The van der Waals surface area contributed by atoms with Gasteiger partial charge in [0.1, 0.15) is 11.5 Å². The van der Waals surface area contributed by atoms with Gasteiger partial charge in [0.05, 0.1) is 14.2 Å². The molecule has 0 heterocycles. The van der Waals surface area contributed by atoms with Crippen LogP contribution in [0.25, 0.3) is 6.08 Å². The molecule has 1 aliphatic carbocycles. The predicted octanol–water partition coefficient (Wildman–Crippen LogP) is 2.96. The lowest BCUT2D eigenvalue weighted by molar-refractivity contribution is -0.144. The molecule has 0 unspecified atom stereocenters. The topological polar surface area (TPSA) is 73.9 Å².